The maximum Gasteiger partial charge on any atom is 0.0467 e. The number of benzene rings is 7. The highest BCUT2D eigenvalue weighted by atomic mass is 15.2. The normalized spacial score (nSPS) is 12.9. The number of para-hydroxylation sites is 3. The van der Waals surface area contributed by atoms with Gasteiger partial charge >= 0.3 is 0 Å². The minimum atomic E-state index is -0.166. The molecule has 1 aliphatic carbocycles. The maximum absolute atomic E-state index is 2.45. The van der Waals surface area contributed by atoms with Gasteiger partial charge in [0.15, 0.2) is 0 Å². The van der Waals surface area contributed by atoms with Crippen LogP contribution in [0.2, 0.25) is 0 Å². The summed E-state index contributed by atoms with van der Waals surface area (Å²) in [5, 5.41) is 2.78. The van der Waals surface area contributed by atoms with E-state index in [0.29, 0.717) is 0 Å². The second-order valence-corrected chi connectivity index (χ2v) is 13.6. The molecular weight excluding hydrogens is 581 g/mol. The van der Waals surface area contributed by atoms with Crippen LogP contribution in [0.3, 0.4) is 0 Å². The Balaban J connectivity index is 1.29. The molecule has 1 aliphatic rings. The van der Waals surface area contributed by atoms with Gasteiger partial charge in [0.25, 0.3) is 0 Å². The van der Waals surface area contributed by atoms with E-state index in [1.807, 2.05) is 0 Å². The van der Waals surface area contributed by atoms with Gasteiger partial charge in [0.1, 0.15) is 0 Å². The number of nitrogens with zero attached hydrogens (tertiary/aromatic N) is 2. The molecule has 0 atom stereocenters. The molecule has 0 aliphatic heterocycles. The van der Waals surface area contributed by atoms with Gasteiger partial charge in [-0.1, -0.05) is 92.7 Å². The Kier molecular flexibility index (Phi) is 7.18. The van der Waals surface area contributed by atoms with Crippen molar-refractivity contribution in [1.82, 2.24) is 0 Å². The minimum Gasteiger partial charge on any atom is -0.311 e. The number of hydrogen-bond donors (Lipinski definition) is 0. The largest absolute Gasteiger partial charge is 0.311 e. The van der Waals surface area contributed by atoms with E-state index >= 15 is 0 Å². The SMILES string of the molecule is Cc1cc(N(c2ccccc2)c2ccc(N(c3ccccc3)c3ccccc3)cc2)cc2c1-c1c(C)cc(C)c3cccc(c13)C2(C)C. The van der Waals surface area contributed by atoms with E-state index in [-0.39, 0.29) is 5.41 Å². The van der Waals surface area contributed by atoms with Gasteiger partial charge in [-0.2, -0.15) is 0 Å². The molecule has 0 saturated heterocycles. The molecule has 0 aromatic heterocycles. The highest BCUT2D eigenvalue weighted by Gasteiger charge is 2.36. The van der Waals surface area contributed by atoms with Crippen molar-refractivity contribution in [3.8, 4) is 11.1 Å². The number of hydrogen-bond acceptors (Lipinski definition) is 2. The molecule has 0 spiro atoms. The molecule has 234 valence electrons. The van der Waals surface area contributed by atoms with E-state index in [4.69, 9.17) is 0 Å². The fourth-order valence-corrected chi connectivity index (χ4v) is 7.91. The summed E-state index contributed by atoms with van der Waals surface area (Å²) in [5.41, 5.74) is 16.2. The summed E-state index contributed by atoms with van der Waals surface area (Å²) in [5.74, 6) is 0. The second kappa shape index (κ2) is 11.6. The van der Waals surface area contributed by atoms with Crippen LogP contribution in [0.4, 0.5) is 34.1 Å². The van der Waals surface area contributed by atoms with Crippen molar-refractivity contribution in [1.29, 1.82) is 0 Å². The van der Waals surface area contributed by atoms with Gasteiger partial charge in [0.2, 0.25) is 0 Å². The number of aryl methyl sites for hydroxylation is 3. The average Bonchev–Trinajstić information content (AvgIpc) is 3.10. The van der Waals surface area contributed by atoms with Crippen molar-refractivity contribution < 1.29 is 0 Å². The first kappa shape index (κ1) is 29.8. The van der Waals surface area contributed by atoms with Crippen LogP contribution in [-0.2, 0) is 5.41 Å². The molecule has 48 heavy (non-hydrogen) atoms. The highest BCUT2D eigenvalue weighted by molar-refractivity contribution is 6.07. The van der Waals surface area contributed by atoms with E-state index in [1.165, 1.54) is 55.4 Å². The lowest BCUT2D eigenvalue weighted by Crippen LogP contribution is -2.25. The molecule has 0 heterocycles. The van der Waals surface area contributed by atoms with Gasteiger partial charge in [-0.3, -0.25) is 0 Å². The molecule has 0 N–H and O–H groups in total. The van der Waals surface area contributed by atoms with Crippen LogP contribution < -0.4 is 9.80 Å². The van der Waals surface area contributed by atoms with Gasteiger partial charge in [0, 0.05) is 39.5 Å². The highest BCUT2D eigenvalue weighted by Crippen LogP contribution is 2.53. The third kappa shape index (κ3) is 4.79. The lowest BCUT2D eigenvalue weighted by atomic mass is 9.66. The molecule has 8 rings (SSSR count). The van der Waals surface area contributed by atoms with Crippen molar-refractivity contribution >= 4 is 44.9 Å². The van der Waals surface area contributed by atoms with Crippen molar-refractivity contribution in [2.24, 2.45) is 0 Å². The van der Waals surface area contributed by atoms with E-state index < -0.39 is 0 Å². The van der Waals surface area contributed by atoms with E-state index in [9.17, 15) is 0 Å². The summed E-state index contributed by atoms with van der Waals surface area (Å²) < 4.78 is 0. The molecule has 7 aromatic rings. The van der Waals surface area contributed by atoms with Crippen LogP contribution >= 0.6 is 0 Å². The third-order valence-electron chi connectivity index (χ3n) is 10.2. The van der Waals surface area contributed by atoms with E-state index in [2.05, 4.69) is 196 Å². The minimum absolute atomic E-state index is 0.166. The first-order chi connectivity index (χ1) is 23.3. The summed E-state index contributed by atoms with van der Waals surface area (Å²) in [6, 6.07) is 55.0. The quantitative estimate of drug-likeness (QED) is 0.182. The van der Waals surface area contributed by atoms with Crippen molar-refractivity contribution in [2.75, 3.05) is 9.80 Å². The Hall–Kier alpha value is -5.60. The van der Waals surface area contributed by atoms with Crippen LogP contribution in [0.25, 0.3) is 21.9 Å². The number of anilines is 6. The van der Waals surface area contributed by atoms with Gasteiger partial charge in [-0.25, -0.2) is 0 Å². The molecule has 0 radical (unpaired) electrons. The van der Waals surface area contributed by atoms with Gasteiger partial charge in [-0.05, 0) is 143 Å². The molecule has 2 nitrogen and oxygen atoms in total. The van der Waals surface area contributed by atoms with Gasteiger partial charge in [-0.15, -0.1) is 0 Å². The lowest BCUT2D eigenvalue weighted by molar-refractivity contribution is 0.644. The monoisotopic (exact) mass is 620 g/mol. The Labute approximate surface area is 284 Å². The fraction of sp³-hybridized carbons (Fsp3) is 0.130. The number of fused-ring (bicyclic) bond motifs is 2. The average molecular weight is 621 g/mol. The van der Waals surface area contributed by atoms with E-state index in [1.54, 1.807) is 0 Å². The molecule has 0 fully saturated rings. The van der Waals surface area contributed by atoms with Crippen molar-refractivity contribution in [3.05, 3.63) is 179 Å². The standard InChI is InChI=1S/C46H40N2/c1-31-28-32(2)44-43-33(3)29-39(30-42(43)46(4,5)41-23-15-22-40(31)45(41)44)48(36-20-13-8-14-21-36)38-26-24-37(25-27-38)47(34-16-9-6-10-17-34)35-18-11-7-12-19-35/h6-30H,1-5H3. The molecule has 0 bridgehead atoms. The van der Waals surface area contributed by atoms with Crippen molar-refractivity contribution in [2.45, 2.75) is 40.0 Å². The molecular formula is C46H40N2. The molecule has 0 unspecified atom stereocenters. The summed E-state index contributed by atoms with van der Waals surface area (Å²) in [7, 11) is 0. The maximum atomic E-state index is 2.45. The Morgan fingerprint density at radius 3 is 1.35 bits per heavy atom. The zero-order chi connectivity index (χ0) is 33.0. The zero-order valence-corrected chi connectivity index (χ0v) is 28.3. The Morgan fingerprint density at radius 2 is 0.833 bits per heavy atom. The predicted molar refractivity (Wildman–Crippen MR) is 205 cm³/mol. The molecule has 7 aromatic carbocycles. The first-order valence-electron chi connectivity index (χ1n) is 16.9. The van der Waals surface area contributed by atoms with Crippen LogP contribution in [0, 0.1) is 20.8 Å². The smallest absolute Gasteiger partial charge is 0.0467 e. The van der Waals surface area contributed by atoms with Gasteiger partial charge < -0.3 is 9.80 Å². The topological polar surface area (TPSA) is 6.48 Å². The van der Waals surface area contributed by atoms with Crippen LogP contribution in [0.15, 0.2) is 152 Å². The molecule has 0 saturated carbocycles. The Bertz CT molecular complexity index is 2230. The third-order valence-corrected chi connectivity index (χ3v) is 10.2. The predicted octanol–water partition coefficient (Wildman–Crippen LogP) is 13.0. The first-order valence-corrected chi connectivity index (χ1v) is 16.9. The van der Waals surface area contributed by atoms with Crippen molar-refractivity contribution in [3.63, 3.8) is 0 Å². The summed E-state index contributed by atoms with van der Waals surface area (Å²) in [4.78, 5) is 4.71. The molecule has 0 amide bonds. The zero-order valence-electron chi connectivity index (χ0n) is 28.3. The summed E-state index contributed by atoms with van der Waals surface area (Å²) in [6.45, 7) is 11.6. The summed E-state index contributed by atoms with van der Waals surface area (Å²) >= 11 is 0. The number of rotatable bonds is 6. The molecule has 2 heteroatoms. The van der Waals surface area contributed by atoms with Gasteiger partial charge in [0.05, 0.1) is 0 Å². The lowest BCUT2D eigenvalue weighted by Gasteiger charge is -2.38. The Morgan fingerprint density at radius 1 is 0.375 bits per heavy atom. The van der Waals surface area contributed by atoms with E-state index in [0.717, 1.165) is 28.4 Å². The fourth-order valence-electron chi connectivity index (χ4n) is 7.91. The van der Waals surface area contributed by atoms with Crippen LogP contribution in [0.1, 0.15) is 41.7 Å². The van der Waals surface area contributed by atoms with Crippen LogP contribution in [0.5, 0.6) is 0 Å². The van der Waals surface area contributed by atoms with Crippen LogP contribution in [-0.4, -0.2) is 0 Å². The summed E-state index contributed by atoms with van der Waals surface area (Å²) in [6.07, 6.45) is 0. The second-order valence-electron chi connectivity index (χ2n) is 13.6.